The van der Waals surface area contributed by atoms with Gasteiger partial charge in [-0.05, 0) is 45.1 Å². The number of rotatable bonds is 6. The smallest absolute Gasteiger partial charge is 0.225 e. The lowest BCUT2D eigenvalue weighted by Crippen LogP contribution is -2.42. The van der Waals surface area contributed by atoms with E-state index in [-0.39, 0.29) is 24.4 Å². The molecule has 0 aliphatic carbocycles. The number of carbonyl (C=O) groups excluding carboxylic acids is 1. The van der Waals surface area contributed by atoms with E-state index in [4.69, 9.17) is 4.74 Å². The van der Waals surface area contributed by atoms with Gasteiger partial charge in [-0.1, -0.05) is 13.8 Å². The first-order chi connectivity index (χ1) is 9.58. The SMILES string of the molecule is CC(C)CC(C)OCCC(=O)N1C2CCNCC1CC2.Cl. The van der Waals surface area contributed by atoms with Gasteiger partial charge in [-0.15, -0.1) is 12.4 Å². The van der Waals surface area contributed by atoms with E-state index in [1.165, 1.54) is 6.42 Å². The van der Waals surface area contributed by atoms with Crippen molar-refractivity contribution < 1.29 is 9.53 Å². The van der Waals surface area contributed by atoms with Crippen LogP contribution in [0.25, 0.3) is 0 Å². The van der Waals surface area contributed by atoms with Crippen LogP contribution in [0.5, 0.6) is 0 Å². The Morgan fingerprint density at radius 3 is 2.67 bits per heavy atom. The predicted molar refractivity (Wildman–Crippen MR) is 87.9 cm³/mol. The third-order valence-corrected chi connectivity index (χ3v) is 4.46. The van der Waals surface area contributed by atoms with Crippen LogP contribution in [-0.4, -0.2) is 48.7 Å². The first kappa shape index (κ1) is 18.7. The number of carbonyl (C=O) groups is 1. The van der Waals surface area contributed by atoms with E-state index in [1.54, 1.807) is 0 Å². The molecule has 3 atom stereocenters. The van der Waals surface area contributed by atoms with Crippen molar-refractivity contribution in [2.45, 2.75) is 71.1 Å². The Morgan fingerprint density at radius 1 is 1.24 bits per heavy atom. The molecule has 2 aliphatic heterocycles. The highest BCUT2D eigenvalue weighted by atomic mass is 35.5. The Bertz CT molecular complexity index is 311. The van der Waals surface area contributed by atoms with Crippen LogP contribution in [0, 0.1) is 5.92 Å². The lowest BCUT2D eigenvalue weighted by molar-refractivity contribution is -0.135. The average molecular weight is 319 g/mol. The zero-order valence-electron chi connectivity index (χ0n) is 13.6. The van der Waals surface area contributed by atoms with Crippen molar-refractivity contribution in [1.29, 1.82) is 0 Å². The number of hydrogen-bond acceptors (Lipinski definition) is 3. The van der Waals surface area contributed by atoms with Gasteiger partial charge in [0.05, 0.1) is 19.1 Å². The van der Waals surface area contributed by atoms with E-state index in [2.05, 4.69) is 31.0 Å². The van der Waals surface area contributed by atoms with Crippen LogP contribution in [0.2, 0.25) is 0 Å². The van der Waals surface area contributed by atoms with Crippen LogP contribution in [0.4, 0.5) is 0 Å². The average Bonchev–Trinajstić information content (AvgIpc) is 2.61. The van der Waals surface area contributed by atoms with Crippen molar-refractivity contribution >= 4 is 18.3 Å². The van der Waals surface area contributed by atoms with Crippen LogP contribution < -0.4 is 5.32 Å². The zero-order chi connectivity index (χ0) is 14.5. The molecule has 124 valence electrons. The minimum absolute atomic E-state index is 0. The first-order valence-corrected chi connectivity index (χ1v) is 8.21. The lowest BCUT2D eigenvalue weighted by Gasteiger charge is -2.28. The van der Waals surface area contributed by atoms with E-state index in [0.717, 1.165) is 32.4 Å². The van der Waals surface area contributed by atoms with E-state index >= 15 is 0 Å². The quantitative estimate of drug-likeness (QED) is 0.818. The summed E-state index contributed by atoms with van der Waals surface area (Å²) in [7, 11) is 0. The Hall–Kier alpha value is -0.320. The second kappa shape index (κ2) is 8.96. The highest BCUT2D eigenvalue weighted by molar-refractivity contribution is 5.85. The molecule has 3 unspecified atom stereocenters. The minimum atomic E-state index is 0. The number of hydrogen-bond donors (Lipinski definition) is 1. The normalized spacial score (nSPS) is 26.4. The first-order valence-electron chi connectivity index (χ1n) is 8.21. The van der Waals surface area contributed by atoms with Crippen LogP contribution >= 0.6 is 12.4 Å². The Morgan fingerprint density at radius 2 is 1.95 bits per heavy atom. The molecule has 2 rings (SSSR count). The van der Waals surface area contributed by atoms with Gasteiger partial charge in [-0.2, -0.15) is 0 Å². The van der Waals surface area contributed by atoms with Crippen molar-refractivity contribution in [3.63, 3.8) is 0 Å². The molecule has 0 radical (unpaired) electrons. The maximum Gasteiger partial charge on any atom is 0.225 e. The standard InChI is InChI=1S/C16H30N2O2.ClH/c1-12(2)10-13(3)20-9-7-16(19)18-14-4-5-15(18)11-17-8-6-14;/h12-15,17H,4-11H2,1-3H3;1H. The van der Waals surface area contributed by atoms with Gasteiger partial charge < -0.3 is 15.0 Å². The van der Waals surface area contributed by atoms with Gasteiger partial charge in [0.2, 0.25) is 5.91 Å². The van der Waals surface area contributed by atoms with Crippen LogP contribution in [0.3, 0.4) is 0 Å². The minimum Gasteiger partial charge on any atom is -0.378 e. The van der Waals surface area contributed by atoms with Gasteiger partial charge in [0.25, 0.3) is 0 Å². The molecule has 2 saturated heterocycles. The zero-order valence-corrected chi connectivity index (χ0v) is 14.5. The van der Waals surface area contributed by atoms with Gasteiger partial charge in [0.1, 0.15) is 0 Å². The third-order valence-electron chi connectivity index (χ3n) is 4.46. The van der Waals surface area contributed by atoms with Gasteiger partial charge in [0.15, 0.2) is 0 Å². The van der Waals surface area contributed by atoms with Gasteiger partial charge in [0, 0.05) is 18.6 Å². The van der Waals surface area contributed by atoms with E-state index in [9.17, 15) is 4.79 Å². The van der Waals surface area contributed by atoms with Crippen molar-refractivity contribution in [1.82, 2.24) is 10.2 Å². The molecule has 1 amide bonds. The van der Waals surface area contributed by atoms with Crippen LogP contribution in [0.15, 0.2) is 0 Å². The highest BCUT2D eigenvalue weighted by Crippen LogP contribution is 2.28. The second-order valence-corrected chi connectivity index (χ2v) is 6.74. The number of nitrogens with zero attached hydrogens (tertiary/aromatic N) is 1. The Labute approximate surface area is 135 Å². The van der Waals surface area contributed by atoms with Crippen molar-refractivity contribution in [3.05, 3.63) is 0 Å². The Kier molecular flexibility index (Phi) is 7.99. The van der Waals surface area contributed by atoms with Crippen molar-refractivity contribution in [2.24, 2.45) is 5.92 Å². The Balaban J connectivity index is 0.00000220. The number of nitrogens with one attached hydrogen (secondary N) is 1. The molecule has 0 saturated carbocycles. The highest BCUT2D eigenvalue weighted by Gasteiger charge is 2.37. The number of fused-ring (bicyclic) bond motifs is 2. The fraction of sp³-hybridized carbons (Fsp3) is 0.938. The van der Waals surface area contributed by atoms with Gasteiger partial charge in [-0.25, -0.2) is 0 Å². The van der Waals surface area contributed by atoms with E-state index in [0.29, 0.717) is 31.0 Å². The summed E-state index contributed by atoms with van der Waals surface area (Å²) in [4.78, 5) is 14.6. The van der Waals surface area contributed by atoms with E-state index < -0.39 is 0 Å². The molecule has 0 aromatic carbocycles. The molecule has 0 aromatic rings. The molecule has 2 aliphatic rings. The van der Waals surface area contributed by atoms with Gasteiger partial charge in [-0.3, -0.25) is 4.79 Å². The summed E-state index contributed by atoms with van der Waals surface area (Å²) in [6, 6.07) is 0.888. The topological polar surface area (TPSA) is 41.6 Å². The maximum absolute atomic E-state index is 12.4. The van der Waals surface area contributed by atoms with Crippen molar-refractivity contribution in [2.75, 3.05) is 19.7 Å². The van der Waals surface area contributed by atoms with E-state index in [1.807, 2.05) is 0 Å². The third kappa shape index (κ3) is 5.42. The molecule has 0 aromatic heterocycles. The van der Waals surface area contributed by atoms with Gasteiger partial charge >= 0.3 is 0 Å². The molecule has 1 N–H and O–H groups in total. The molecule has 2 fully saturated rings. The summed E-state index contributed by atoms with van der Waals surface area (Å²) in [5.41, 5.74) is 0. The fourth-order valence-electron chi connectivity index (χ4n) is 3.60. The molecular weight excluding hydrogens is 288 g/mol. The summed E-state index contributed by atoms with van der Waals surface area (Å²) in [6.45, 7) is 9.08. The largest absolute Gasteiger partial charge is 0.378 e. The monoisotopic (exact) mass is 318 g/mol. The number of amides is 1. The summed E-state index contributed by atoms with van der Waals surface area (Å²) in [5.74, 6) is 0.936. The second-order valence-electron chi connectivity index (χ2n) is 6.74. The molecule has 5 heteroatoms. The predicted octanol–water partition coefficient (Wildman–Crippen LogP) is 2.60. The van der Waals surface area contributed by atoms with Crippen LogP contribution in [0.1, 0.15) is 52.9 Å². The number of ether oxygens (including phenoxy) is 1. The molecule has 21 heavy (non-hydrogen) atoms. The lowest BCUT2D eigenvalue weighted by atomic mass is 10.1. The van der Waals surface area contributed by atoms with Crippen LogP contribution in [-0.2, 0) is 9.53 Å². The summed E-state index contributed by atoms with van der Waals surface area (Å²) in [5, 5.41) is 3.43. The van der Waals surface area contributed by atoms with Crippen molar-refractivity contribution in [3.8, 4) is 0 Å². The summed E-state index contributed by atoms with van der Waals surface area (Å²) < 4.78 is 5.77. The molecule has 0 spiro atoms. The molecule has 2 bridgehead atoms. The summed E-state index contributed by atoms with van der Waals surface area (Å²) >= 11 is 0. The molecule has 4 nitrogen and oxygen atoms in total. The maximum atomic E-state index is 12.4. The fourth-order valence-corrected chi connectivity index (χ4v) is 3.60. The molecule has 2 heterocycles. The number of halogens is 1. The summed E-state index contributed by atoms with van der Waals surface area (Å²) in [6.07, 6.45) is 5.30. The molecular formula is C16H31ClN2O2.